The van der Waals surface area contributed by atoms with Crippen molar-refractivity contribution in [3.63, 3.8) is 0 Å². The molecule has 2 nitrogen and oxygen atoms in total. The maximum absolute atomic E-state index is 3.96. The maximum atomic E-state index is 3.96. The number of piperidine rings is 1. The van der Waals surface area contributed by atoms with Gasteiger partial charge in [-0.25, -0.2) is 0 Å². The number of likely N-dealkylation sites (tertiary alicyclic amines) is 1. The van der Waals surface area contributed by atoms with Crippen LogP contribution in [0.15, 0.2) is 0 Å². The van der Waals surface area contributed by atoms with Gasteiger partial charge in [-0.2, -0.15) is 0 Å². The molecule has 3 unspecified atom stereocenters. The van der Waals surface area contributed by atoms with Gasteiger partial charge < -0.3 is 5.32 Å². The zero-order valence-corrected chi connectivity index (χ0v) is 15.0. The SMILES string of the molecule is CCC(C1CCC1)N1CC(C)CC(NCC2CCCCC2)C1. The third-order valence-corrected chi connectivity index (χ3v) is 6.69. The van der Waals surface area contributed by atoms with E-state index in [-0.39, 0.29) is 0 Å². The molecule has 2 aliphatic carbocycles. The van der Waals surface area contributed by atoms with Crippen LogP contribution in [0.1, 0.15) is 78.1 Å². The Bertz CT molecular complexity index is 320. The second kappa shape index (κ2) is 8.15. The Hall–Kier alpha value is -0.0800. The van der Waals surface area contributed by atoms with Gasteiger partial charge in [0.1, 0.15) is 0 Å². The molecule has 1 aliphatic heterocycles. The molecule has 0 spiro atoms. The average Bonchev–Trinajstić information content (AvgIpc) is 2.49. The highest BCUT2D eigenvalue weighted by Crippen LogP contribution is 2.35. The van der Waals surface area contributed by atoms with Crippen molar-refractivity contribution < 1.29 is 0 Å². The molecule has 0 aromatic heterocycles. The first-order valence-corrected chi connectivity index (χ1v) is 10.2. The van der Waals surface area contributed by atoms with Crippen molar-refractivity contribution in [2.75, 3.05) is 19.6 Å². The van der Waals surface area contributed by atoms with Crippen LogP contribution in [0.5, 0.6) is 0 Å². The van der Waals surface area contributed by atoms with Crippen molar-refractivity contribution in [3.05, 3.63) is 0 Å². The highest BCUT2D eigenvalue weighted by atomic mass is 15.2. The van der Waals surface area contributed by atoms with Crippen molar-refractivity contribution in [2.24, 2.45) is 17.8 Å². The van der Waals surface area contributed by atoms with Gasteiger partial charge in [0.05, 0.1) is 0 Å². The average molecular weight is 307 g/mol. The summed E-state index contributed by atoms with van der Waals surface area (Å²) in [4.78, 5) is 2.86. The molecular weight excluding hydrogens is 268 g/mol. The molecule has 0 bridgehead atoms. The molecule has 3 aliphatic rings. The van der Waals surface area contributed by atoms with Crippen LogP contribution in [0.4, 0.5) is 0 Å². The quantitative estimate of drug-likeness (QED) is 0.780. The Balaban J connectivity index is 1.48. The smallest absolute Gasteiger partial charge is 0.0198 e. The van der Waals surface area contributed by atoms with Crippen molar-refractivity contribution in [3.8, 4) is 0 Å². The number of nitrogens with zero attached hydrogens (tertiary/aromatic N) is 1. The second-order valence-corrected chi connectivity index (χ2v) is 8.57. The lowest BCUT2D eigenvalue weighted by Gasteiger charge is -2.46. The van der Waals surface area contributed by atoms with E-state index in [0.29, 0.717) is 0 Å². The number of rotatable bonds is 6. The number of hydrogen-bond acceptors (Lipinski definition) is 2. The largest absolute Gasteiger partial charge is 0.312 e. The van der Waals surface area contributed by atoms with Crippen molar-refractivity contribution in [2.45, 2.75) is 90.1 Å². The first-order valence-electron chi connectivity index (χ1n) is 10.2. The Morgan fingerprint density at radius 1 is 1.00 bits per heavy atom. The number of hydrogen-bond donors (Lipinski definition) is 1. The summed E-state index contributed by atoms with van der Waals surface area (Å²) in [5.41, 5.74) is 0. The molecule has 1 saturated heterocycles. The molecular formula is C20H38N2. The molecule has 0 radical (unpaired) electrons. The summed E-state index contributed by atoms with van der Waals surface area (Å²) < 4.78 is 0. The summed E-state index contributed by atoms with van der Waals surface area (Å²) >= 11 is 0. The highest BCUT2D eigenvalue weighted by molar-refractivity contribution is 4.90. The normalized spacial score (nSPS) is 33.5. The standard InChI is InChI=1S/C20H38N2/c1-3-20(18-10-7-11-18)22-14-16(2)12-19(15-22)21-13-17-8-5-4-6-9-17/h16-21H,3-15H2,1-2H3. The van der Waals surface area contributed by atoms with Crippen LogP contribution in [0.2, 0.25) is 0 Å². The monoisotopic (exact) mass is 306 g/mol. The van der Waals surface area contributed by atoms with Gasteiger partial charge in [-0.15, -0.1) is 0 Å². The van der Waals surface area contributed by atoms with Crippen molar-refractivity contribution in [1.29, 1.82) is 0 Å². The molecule has 3 atom stereocenters. The van der Waals surface area contributed by atoms with Crippen LogP contribution < -0.4 is 5.32 Å². The molecule has 1 heterocycles. The van der Waals surface area contributed by atoms with Crippen LogP contribution >= 0.6 is 0 Å². The lowest BCUT2D eigenvalue weighted by atomic mass is 9.77. The predicted molar refractivity (Wildman–Crippen MR) is 95.1 cm³/mol. The van der Waals surface area contributed by atoms with Gasteiger partial charge in [-0.3, -0.25) is 4.90 Å². The summed E-state index contributed by atoms with van der Waals surface area (Å²) in [6, 6.07) is 1.62. The Morgan fingerprint density at radius 3 is 2.41 bits per heavy atom. The molecule has 2 saturated carbocycles. The van der Waals surface area contributed by atoms with Crippen molar-refractivity contribution in [1.82, 2.24) is 10.2 Å². The minimum absolute atomic E-state index is 0.750. The fourth-order valence-electron chi connectivity index (χ4n) is 5.25. The Morgan fingerprint density at radius 2 is 1.77 bits per heavy atom. The summed E-state index contributed by atoms with van der Waals surface area (Å²) in [7, 11) is 0. The van der Waals surface area contributed by atoms with E-state index in [4.69, 9.17) is 0 Å². The number of nitrogens with one attached hydrogen (secondary N) is 1. The molecule has 0 aromatic carbocycles. The first kappa shape index (κ1) is 16.8. The summed E-state index contributed by atoms with van der Waals surface area (Å²) in [5, 5.41) is 3.96. The zero-order chi connectivity index (χ0) is 15.4. The van der Waals surface area contributed by atoms with Crippen LogP contribution in [0, 0.1) is 17.8 Å². The van der Waals surface area contributed by atoms with Gasteiger partial charge in [0, 0.05) is 25.2 Å². The second-order valence-electron chi connectivity index (χ2n) is 8.57. The van der Waals surface area contributed by atoms with E-state index < -0.39 is 0 Å². The molecule has 0 aromatic rings. The van der Waals surface area contributed by atoms with Gasteiger partial charge in [0.2, 0.25) is 0 Å². The summed E-state index contributed by atoms with van der Waals surface area (Å²) in [5.74, 6) is 2.84. The predicted octanol–water partition coefficient (Wildman–Crippen LogP) is 4.45. The fourth-order valence-corrected chi connectivity index (χ4v) is 5.25. The molecule has 0 amide bonds. The van der Waals surface area contributed by atoms with Gasteiger partial charge in [-0.1, -0.05) is 39.5 Å². The van der Waals surface area contributed by atoms with E-state index in [9.17, 15) is 0 Å². The minimum Gasteiger partial charge on any atom is -0.312 e. The van der Waals surface area contributed by atoms with Gasteiger partial charge in [0.15, 0.2) is 0 Å². The third-order valence-electron chi connectivity index (χ3n) is 6.69. The molecule has 2 heteroatoms. The van der Waals surface area contributed by atoms with E-state index in [0.717, 1.165) is 29.8 Å². The topological polar surface area (TPSA) is 15.3 Å². The van der Waals surface area contributed by atoms with Gasteiger partial charge >= 0.3 is 0 Å². The molecule has 22 heavy (non-hydrogen) atoms. The third kappa shape index (κ3) is 4.26. The van der Waals surface area contributed by atoms with Crippen LogP contribution in [0.25, 0.3) is 0 Å². The van der Waals surface area contributed by atoms with E-state index >= 15 is 0 Å². The van der Waals surface area contributed by atoms with Crippen LogP contribution in [0.3, 0.4) is 0 Å². The molecule has 128 valence electrons. The molecule has 3 fully saturated rings. The van der Waals surface area contributed by atoms with E-state index in [1.807, 2.05) is 0 Å². The first-order chi connectivity index (χ1) is 10.8. The van der Waals surface area contributed by atoms with E-state index in [1.54, 1.807) is 0 Å². The van der Waals surface area contributed by atoms with Gasteiger partial charge in [-0.05, 0) is 62.8 Å². The highest BCUT2D eigenvalue weighted by Gasteiger charge is 2.35. The van der Waals surface area contributed by atoms with E-state index in [2.05, 4.69) is 24.1 Å². The Kier molecular flexibility index (Phi) is 6.21. The van der Waals surface area contributed by atoms with Crippen molar-refractivity contribution >= 4 is 0 Å². The van der Waals surface area contributed by atoms with Gasteiger partial charge in [0.25, 0.3) is 0 Å². The van der Waals surface area contributed by atoms with Crippen LogP contribution in [-0.4, -0.2) is 36.6 Å². The summed E-state index contributed by atoms with van der Waals surface area (Å²) in [6.45, 7) is 8.82. The lowest BCUT2D eigenvalue weighted by molar-refractivity contribution is 0.0429. The molecule has 1 N–H and O–H groups in total. The lowest BCUT2D eigenvalue weighted by Crippen LogP contribution is -2.55. The van der Waals surface area contributed by atoms with Crippen LogP contribution in [-0.2, 0) is 0 Å². The zero-order valence-electron chi connectivity index (χ0n) is 15.0. The fraction of sp³-hybridized carbons (Fsp3) is 1.00. The Labute approximate surface area is 138 Å². The maximum Gasteiger partial charge on any atom is 0.0198 e. The minimum atomic E-state index is 0.750. The molecule has 3 rings (SSSR count). The summed E-state index contributed by atoms with van der Waals surface area (Å²) in [6.07, 6.45) is 14.6. The van der Waals surface area contributed by atoms with E-state index in [1.165, 1.54) is 83.8 Å².